The molecule has 8 nitrogen and oxygen atoms in total. The number of aliphatic hydroxyl groups is 2. The van der Waals surface area contributed by atoms with E-state index in [0.717, 1.165) is 16.4 Å². The molecule has 2 rings (SSSR count). The van der Waals surface area contributed by atoms with E-state index in [1.807, 2.05) is 0 Å². The highest BCUT2D eigenvalue weighted by Gasteiger charge is 2.00. The van der Waals surface area contributed by atoms with Gasteiger partial charge >= 0.3 is 11.9 Å². The zero-order chi connectivity index (χ0) is 23.5. The number of carbonyl (C=O) groups is 2. The molecule has 0 amide bonds. The molecule has 0 unspecified atom stereocenters. The first-order valence-electron chi connectivity index (χ1n) is 9.53. The van der Waals surface area contributed by atoms with Gasteiger partial charge in [0, 0.05) is 24.1 Å². The van der Waals surface area contributed by atoms with E-state index < -0.39 is 11.9 Å². The Labute approximate surface area is 195 Å². The zero-order valence-electron chi connectivity index (χ0n) is 17.1. The van der Waals surface area contributed by atoms with Crippen molar-refractivity contribution in [3.63, 3.8) is 0 Å². The van der Waals surface area contributed by atoms with E-state index in [4.69, 9.17) is 30.3 Å². The molecular formula is C22H29IO8. The molecule has 0 aliphatic rings. The van der Waals surface area contributed by atoms with Gasteiger partial charge in [0.25, 0.3) is 0 Å². The summed E-state index contributed by atoms with van der Waals surface area (Å²) in [5.74, 6) is -0.864. The average Bonchev–Trinajstić information content (AvgIpc) is 2.72. The molecule has 172 valence electrons. The lowest BCUT2D eigenvalue weighted by Gasteiger charge is -2.05. The summed E-state index contributed by atoms with van der Waals surface area (Å²) in [6.07, 6.45) is 1.55. The first kappa shape index (κ1) is 28.6. The van der Waals surface area contributed by atoms with Crippen molar-refractivity contribution in [2.75, 3.05) is 24.2 Å². The number of rotatable bonds is 10. The summed E-state index contributed by atoms with van der Waals surface area (Å²) in [7, 11) is 0. The van der Waals surface area contributed by atoms with Crippen LogP contribution in [0.1, 0.15) is 24.0 Å². The summed E-state index contributed by atoms with van der Waals surface area (Å²) in [6, 6.07) is 13.0. The number of phenols is 1. The second kappa shape index (κ2) is 18.4. The van der Waals surface area contributed by atoms with Gasteiger partial charge in [-0.15, -0.1) is 0 Å². The number of hydrogen-bond acceptors (Lipinski definition) is 6. The fraction of sp³-hybridized carbons (Fsp3) is 0.364. The van der Waals surface area contributed by atoms with Crippen LogP contribution >= 0.6 is 22.6 Å². The molecule has 2 aromatic carbocycles. The van der Waals surface area contributed by atoms with Crippen LogP contribution in [0.15, 0.2) is 48.5 Å². The quantitative estimate of drug-likeness (QED) is 0.173. The van der Waals surface area contributed by atoms with Crippen LogP contribution in [0.2, 0.25) is 0 Å². The van der Waals surface area contributed by atoms with E-state index >= 15 is 0 Å². The number of carboxylic acids is 2. The summed E-state index contributed by atoms with van der Waals surface area (Å²) >= 11 is 2.23. The van der Waals surface area contributed by atoms with Gasteiger partial charge in [-0.05, 0) is 41.8 Å². The van der Waals surface area contributed by atoms with Crippen LogP contribution in [0.3, 0.4) is 0 Å². The monoisotopic (exact) mass is 548 g/mol. The van der Waals surface area contributed by atoms with Crippen molar-refractivity contribution in [3.05, 3.63) is 59.7 Å². The Hall–Kier alpha value is -2.37. The van der Waals surface area contributed by atoms with Crippen LogP contribution in [0, 0.1) is 0 Å². The molecule has 31 heavy (non-hydrogen) atoms. The number of halogens is 1. The van der Waals surface area contributed by atoms with Gasteiger partial charge in [0.2, 0.25) is 0 Å². The maximum atomic E-state index is 10.4. The second-order valence-corrected chi connectivity index (χ2v) is 7.22. The van der Waals surface area contributed by atoms with E-state index in [-0.39, 0.29) is 25.2 Å². The third kappa shape index (κ3) is 17.0. The van der Waals surface area contributed by atoms with Crippen LogP contribution in [0.25, 0.3) is 0 Å². The minimum Gasteiger partial charge on any atom is -0.508 e. The highest BCUT2D eigenvalue weighted by atomic mass is 127. The number of aliphatic hydroxyl groups excluding tert-OH is 2. The lowest BCUT2D eigenvalue weighted by molar-refractivity contribution is -0.137. The van der Waals surface area contributed by atoms with Gasteiger partial charge in [-0.2, -0.15) is 0 Å². The number of aromatic hydroxyl groups is 1. The highest BCUT2D eigenvalue weighted by molar-refractivity contribution is 14.1. The number of carboxylic acid groups (broad SMARTS) is 2. The van der Waals surface area contributed by atoms with Crippen molar-refractivity contribution in [1.82, 2.24) is 0 Å². The van der Waals surface area contributed by atoms with Gasteiger partial charge in [-0.3, -0.25) is 9.59 Å². The van der Waals surface area contributed by atoms with Gasteiger partial charge in [0.1, 0.15) is 11.5 Å². The third-order valence-corrected chi connectivity index (χ3v) is 4.20. The largest absolute Gasteiger partial charge is 0.508 e. The fourth-order valence-electron chi connectivity index (χ4n) is 1.98. The van der Waals surface area contributed by atoms with Crippen LogP contribution in [0.5, 0.6) is 11.5 Å². The van der Waals surface area contributed by atoms with E-state index in [1.165, 1.54) is 12.1 Å². The Morgan fingerprint density at radius 1 is 0.774 bits per heavy atom. The maximum absolute atomic E-state index is 10.4. The van der Waals surface area contributed by atoms with Crippen LogP contribution in [-0.4, -0.2) is 61.7 Å². The van der Waals surface area contributed by atoms with E-state index in [0.29, 0.717) is 30.9 Å². The molecular weight excluding hydrogens is 519 g/mol. The molecule has 2 aromatic rings. The van der Waals surface area contributed by atoms with Gasteiger partial charge in [-0.1, -0.05) is 46.9 Å². The van der Waals surface area contributed by atoms with Gasteiger partial charge in [0.05, 0.1) is 19.4 Å². The molecule has 0 radical (unpaired) electrons. The van der Waals surface area contributed by atoms with Crippen molar-refractivity contribution in [3.8, 4) is 11.5 Å². The maximum Gasteiger partial charge on any atom is 0.307 e. The van der Waals surface area contributed by atoms with E-state index in [1.54, 1.807) is 36.4 Å². The lowest BCUT2D eigenvalue weighted by Crippen LogP contribution is -2.01. The molecule has 0 heterocycles. The molecule has 5 N–H and O–H groups in total. The van der Waals surface area contributed by atoms with Crippen molar-refractivity contribution in [2.45, 2.75) is 25.7 Å². The molecule has 0 saturated carbocycles. The Kier molecular flexibility index (Phi) is 17.0. The predicted octanol–water partition coefficient (Wildman–Crippen LogP) is 2.90. The number of aliphatic carboxylic acids is 2. The lowest BCUT2D eigenvalue weighted by atomic mass is 10.1. The first-order valence-corrected chi connectivity index (χ1v) is 11.1. The first-order chi connectivity index (χ1) is 14.8. The molecule has 0 saturated heterocycles. The Morgan fingerprint density at radius 3 is 1.58 bits per heavy atom. The van der Waals surface area contributed by atoms with Crippen LogP contribution in [-0.2, 0) is 22.4 Å². The van der Waals surface area contributed by atoms with Crippen molar-refractivity contribution < 1.29 is 39.9 Å². The Bertz CT molecular complexity index is 730. The predicted molar refractivity (Wildman–Crippen MR) is 125 cm³/mol. The Balaban J connectivity index is 0.000000492. The smallest absolute Gasteiger partial charge is 0.307 e. The molecule has 0 bridgehead atoms. The van der Waals surface area contributed by atoms with Crippen molar-refractivity contribution in [1.29, 1.82) is 0 Å². The molecule has 0 aliphatic heterocycles. The molecule has 0 aliphatic carbocycles. The topological polar surface area (TPSA) is 145 Å². The highest BCUT2D eigenvalue weighted by Crippen LogP contribution is 2.12. The SMILES string of the molecule is O=C(O)Cc1ccc(O)cc1.O=C(O)Cc1ccc(OCCCO)cc1.OCCCI. The van der Waals surface area contributed by atoms with Crippen molar-refractivity contribution >= 4 is 34.5 Å². The Morgan fingerprint density at radius 2 is 1.23 bits per heavy atom. The standard InChI is InChI=1S/C11H14O4.C8H8O3.C3H7IO/c12-6-1-7-15-10-4-2-9(3-5-10)8-11(13)14;9-7-3-1-6(2-4-7)5-8(10)11;4-2-1-3-5/h2-5,12H,1,6-8H2,(H,13,14);1-4,9H,5H2,(H,10,11);5H,1-3H2. The summed E-state index contributed by atoms with van der Waals surface area (Å²) < 4.78 is 6.36. The molecule has 0 atom stereocenters. The molecule has 0 aromatic heterocycles. The van der Waals surface area contributed by atoms with E-state index in [2.05, 4.69) is 22.6 Å². The minimum absolute atomic E-state index is 0.000278. The summed E-state index contributed by atoms with van der Waals surface area (Å²) in [5, 5.41) is 42.4. The van der Waals surface area contributed by atoms with Gasteiger partial charge in [0.15, 0.2) is 0 Å². The van der Waals surface area contributed by atoms with Gasteiger partial charge < -0.3 is 30.3 Å². The number of ether oxygens (including phenoxy) is 1. The van der Waals surface area contributed by atoms with Crippen LogP contribution < -0.4 is 4.74 Å². The summed E-state index contributed by atoms with van der Waals surface area (Å²) in [4.78, 5) is 20.6. The van der Waals surface area contributed by atoms with E-state index in [9.17, 15) is 9.59 Å². The summed E-state index contributed by atoms with van der Waals surface area (Å²) in [5.41, 5.74) is 1.44. The number of phenolic OH excluding ortho intramolecular Hbond substituents is 1. The third-order valence-electron chi connectivity index (χ3n) is 3.43. The normalized spacial score (nSPS) is 9.52. The number of alkyl halides is 1. The molecule has 0 spiro atoms. The number of benzene rings is 2. The average molecular weight is 548 g/mol. The zero-order valence-corrected chi connectivity index (χ0v) is 19.3. The van der Waals surface area contributed by atoms with Crippen molar-refractivity contribution in [2.24, 2.45) is 0 Å². The van der Waals surface area contributed by atoms with Gasteiger partial charge in [-0.25, -0.2) is 0 Å². The molecule has 0 fully saturated rings. The summed E-state index contributed by atoms with van der Waals surface area (Å²) in [6.45, 7) is 0.912. The number of hydrogen-bond donors (Lipinski definition) is 5. The van der Waals surface area contributed by atoms with Crippen LogP contribution in [0.4, 0.5) is 0 Å². The minimum atomic E-state index is -0.865. The fourth-order valence-corrected chi connectivity index (χ4v) is 2.32. The molecule has 9 heteroatoms. The second-order valence-electron chi connectivity index (χ2n) is 6.14.